The maximum absolute atomic E-state index is 11.7. The van der Waals surface area contributed by atoms with Crippen LogP contribution in [0.15, 0.2) is 4.52 Å². The topological polar surface area (TPSA) is 110 Å². The van der Waals surface area contributed by atoms with E-state index < -0.39 is 6.04 Å². The van der Waals surface area contributed by atoms with Gasteiger partial charge in [0.05, 0.1) is 13.2 Å². The number of carbonyl (C=O) groups excluding carboxylic acids is 2. The SMILES string of the molecule is COCCc1noc([C@H](C)NC(=O)CNC(=O)N(C)C)n1. The molecule has 1 aromatic heterocycles. The second-order valence-electron chi connectivity index (χ2n) is 4.63. The van der Waals surface area contributed by atoms with Gasteiger partial charge in [-0.05, 0) is 6.92 Å². The van der Waals surface area contributed by atoms with Crippen molar-refractivity contribution < 1.29 is 18.8 Å². The molecule has 1 atom stereocenters. The van der Waals surface area contributed by atoms with Gasteiger partial charge in [0.2, 0.25) is 11.8 Å². The second kappa shape index (κ2) is 8.20. The summed E-state index contributed by atoms with van der Waals surface area (Å²) in [5.74, 6) is 0.497. The molecule has 3 amide bonds. The lowest BCUT2D eigenvalue weighted by atomic mass is 10.3. The lowest BCUT2D eigenvalue weighted by molar-refractivity contribution is -0.120. The molecule has 0 aliphatic carbocycles. The van der Waals surface area contributed by atoms with Crippen LogP contribution in [0.4, 0.5) is 4.79 Å². The predicted octanol–water partition coefficient (Wildman–Crippen LogP) is -0.293. The van der Waals surface area contributed by atoms with E-state index in [9.17, 15) is 9.59 Å². The summed E-state index contributed by atoms with van der Waals surface area (Å²) >= 11 is 0. The normalized spacial score (nSPS) is 11.8. The van der Waals surface area contributed by atoms with Crippen LogP contribution in [0.5, 0.6) is 0 Å². The molecular formula is C12H21N5O4. The summed E-state index contributed by atoms with van der Waals surface area (Å²) in [6.45, 7) is 2.10. The molecule has 0 aliphatic heterocycles. The minimum absolute atomic E-state index is 0.119. The van der Waals surface area contributed by atoms with E-state index in [2.05, 4.69) is 20.8 Å². The molecule has 0 bridgehead atoms. The number of carbonyl (C=O) groups is 2. The van der Waals surface area contributed by atoms with Crippen molar-refractivity contribution in [3.8, 4) is 0 Å². The van der Waals surface area contributed by atoms with Crippen molar-refractivity contribution in [3.05, 3.63) is 11.7 Å². The predicted molar refractivity (Wildman–Crippen MR) is 73.5 cm³/mol. The summed E-state index contributed by atoms with van der Waals surface area (Å²) in [7, 11) is 4.78. The Hall–Kier alpha value is -2.16. The largest absolute Gasteiger partial charge is 0.384 e. The van der Waals surface area contributed by atoms with Crippen molar-refractivity contribution in [2.45, 2.75) is 19.4 Å². The van der Waals surface area contributed by atoms with Gasteiger partial charge in [0.1, 0.15) is 6.04 Å². The zero-order valence-electron chi connectivity index (χ0n) is 12.7. The zero-order valence-corrected chi connectivity index (χ0v) is 12.7. The molecule has 1 rings (SSSR count). The molecule has 1 heterocycles. The Kier molecular flexibility index (Phi) is 6.60. The summed E-state index contributed by atoms with van der Waals surface area (Å²) in [4.78, 5) is 28.5. The highest BCUT2D eigenvalue weighted by atomic mass is 16.5. The van der Waals surface area contributed by atoms with Gasteiger partial charge in [-0.3, -0.25) is 4.79 Å². The minimum Gasteiger partial charge on any atom is -0.384 e. The fourth-order valence-corrected chi connectivity index (χ4v) is 1.41. The summed E-state index contributed by atoms with van der Waals surface area (Å²) in [5, 5.41) is 8.91. The number of rotatable bonds is 7. The minimum atomic E-state index is -0.433. The fraction of sp³-hybridized carbons (Fsp3) is 0.667. The average molecular weight is 299 g/mol. The van der Waals surface area contributed by atoms with Crippen LogP contribution in [-0.2, 0) is 16.0 Å². The Morgan fingerprint density at radius 3 is 2.76 bits per heavy atom. The summed E-state index contributed by atoms with van der Waals surface area (Å²) in [6, 6.07) is -0.769. The second-order valence-corrected chi connectivity index (χ2v) is 4.63. The Morgan fingerprint density at radius 1 is 1.43 bits per heavy atom. The zero-order chi connectivity index (χ0) is 15.8. The number of ether oxygens (including phenoxy) is 1. The Labute approximate surface area is 123 Å². The molecule has 0 fully saturated rings. The number of nitrogens with zero attached hydrogens (tertiary/aromatic N) is 3. The maximum Gasteiger partial charge on any atom is 0.317 e. The summed E-state index contributed by atoms with van der Waals surface area (Å²) in [6.07, 6.45) is 0.541. The molecule has 0 saturated carbocycles. The average Bonchev–Trinajstić information content (AvgIpc) is 2.91. The van der Waals surface area contributed by atoms with Crippen LogP contribution in [0.3, 0.4) is 0 Å². The molecule has 9 heteroatoms. The van der Waals surface area contributed by atoms with Crippen LogP contribution in [-0.4, -0.2) is 61.3 Å². The van der Waals surface area contributed by atoms with E-state index in [1.807, 2.05) is 0 Å². The third-order valence-corrected chi connectivity index (χ3v) is 2.57. The number of hydrogen-bond acceptors (Lipinski definition) is 6. The molecule has 21 heavy (non-hydrogen) atoms. The molecule has 0 spiro atoms. The molecule has 0 aliphatic rings. The molecule has 2 N–H and O–H groups in total. The standard InChI is InChI=1S/C12H21N5O4/c1-8(11-15-9(16-21-11)5-6-20-4)14-10(18)7-13-12(19)17(2)3/h8H,5-7H2,1-4H3,(H,13,19)(H,14,18)/t8-/m0/s1. The van der Waals surface area contributed by atoms with Crippen LogP contribution in [0.2, 0.25) is 0 Å². The lowest BCUT2D eigenvalue weighted by Gasteiger charge is -2.13. The molecule has 9 nitrogen and oxygen atoms in total. The Morgan fingerprint density at radius 2 is 2.14 bits per heavy atom. The van der Waals surface area contributed by atoms with E-state index in [0.717, 1.165) is 0 Å². The molecule has 1 aromatic rings. The first kappa shape index (κ1) is 16.9. The van der Waals surface area contributed by atoms with Gasteiger partial charge in [-0.15, -0.1) is 0 Å². The van der Waals surface area contributed by atoms with Crippen molar-refractivity contribution in [2.24, 2.45) is 0 Å². The molecule has 0 aromatic carbocycles. The van der Waals surface area contributed by atoms with Crippen molar-refractivity contribution in [1.29, 1.82) is 0 Å². The van der Waals surface area contributed by atoms with Crippen LogP contribution < -0.4 is 10.6 Å². The third kappa shape index (κ3) is 5.78. The number of urea groups is 1. The van der Waals surface area contributed by atoms with E-state index in [4.69, 9.17) is 9.26 Å². The third-order valence-electron chi connectivity index (χ3n) is 2.57. The van der Waals surface area contributed by atoms with Gasteiger partial charge < -0.3 is 24.8 Å². The number of hydrogen-bond donors (Lipinski definition) is 2. The smallest absolute Gasteiger partial charge is 0.317 e. The van der Waals surface area contributed by atoms with Crippen LogP contribution in [0, 0.1) is 0 Å². The van der Waals surface area contributed by atoms with Crippen LogP contribution >= 0.6 is 0 Å². The van der Waals surface area contributed by atoms with Gasteiger partial charge in [-0.1, -0.05) is 5.16 Å². The first-order chi connectivity index (χ1) is 9.93. The van der Waals surface area contributed by atoms with E-state index in [1.54, 1.807) is 28.1 Å². The number of nitrogens with one attached hydrogen (secondary N) is 2. The number of amides is 3. The van der Waals surface area contributed by atoms with Crippen molar-refractivity contribution >= 4 is 11.9 Å². The van der Waals surface area contributed by atoms with E-state index in [1.165, 1.54) is 4.90 Å². The first-order valence-corrected chi connectivity index (χ1v) is 6.50. The van der Waals surface area contributed by atoms with E-state index in [0.29, 0.717) is 24.7 Å². The first-order valence-electron chi connectivity index (χ1n) is 6.50. The summed E-state index contributed by atoms with van der Waals surface area (Å²) < 4.78 is 9.98. The fourth-order valence-electron chi connectivity index (χ4n) is 1.41. The highest BCUT2D eigenvalue weighted by Gasteiger charge is 2.17. The molecule has 0 saturated heterocycles. The van der Waals surface area contributed by atoms with Crippen molar-refractivity contribution in [1.82, 2.24) is 25.7 Å². The number of aromatic nitrogens is 2. The van der Waals surface area contributed by atoms with Gasteiger partial charge in [0.15, 0.2) is 5.82 Å². The van der Waals surface area contributed by atoms with E-state index >= 15 is 0 Å². The van der Waals surface area contributed by atoms with Gasteiger partial charge in [0, 0.05) is 27.6 Å². The van der Waals surface area contributed by atoms with Gasteiger partial charge in [-0.25, -0.2) is 4.79 Å². The van der Waals surface area contributed by atoms with Gasteiger partial charge >= 0.3 is 6.03 Å². The van der Waals surface area contributed by atoms with Gasteiger partial charge in [0.25, 0.3) is 0 Å². The number of methoxy groups -OCH3 is 1. The van der Waals surface area contributed by atoms with Crippen molar-refractivity contribution in [2.75, 3.05) is 34.4 Å². The Bertz CT molecular complexity index is 474. The molecule has 0 unspecified atom stereocenters. The van der Waals surface area contributed by atoms with E-state index in [-0.39, 0.29) is 18.5 Å². The highest BCUT2D eigenvalue weighted by molar-refractivity contribution is 5.83. The molecule has 118 valence electrons. The lowest BCUT2D eigenvalue weighted by Crippen LogP contribution is -2.42. The molecular weight excluding hydrogens is 278 g/mol. The van der Waals surface area contributed by atoms with Crippen LogP contribution in [0.25, 0.3) is 0 Å². The maximum atomic E-state index is 11.7. The monoisotopic (exact) mass is 299 g/mol. The highest BCUT2D eigenvalue weighted by Crippen LogP contribution is 2.09. The molecule has 0 radical (unpaired) electrons. The summed E-state index contributed by atoms with van der Waals surface area (Å²) in [5.41, 5.74) is 0. The van der Waals surface area contributed by atoms with Gasteiger partial charge in [-0.2, -0.15) is 4.98 Å². The van der Waals surface area contributed by atoms with Crippen LogP contribution in [0.1, 0.15) is 24.7 Å². The Balaban J connectivity index is 2.41. The quantitative estimate of drug-likeness (QED) is 0.716. The van der Waals surface area contributed by atoms with Crippen molar-refractivity contribution in [3.63, 3.8) is 0 Å².